The molecule has 0 spiro atoms. The second kappa shape index (κ2) is 8.53. The van der Waals surface area contributed by atoms with Gasteiger partial charge in [0.05, 0.1) is 36.1 Å². The minimum atomic E-state index is -0.935. The first-order valence-corrected chi connectivity index (χ1v) is 11.2. The molecule has 8 heteroatoms. The van der Waals surface area contributed by atoms with Crippen LogP contribution in [0.25, 0.3) is 0 Å². The number of ether oxygens (including phenoxy) is 2. The van der Waals surface area contributed by atoms with E-state index >= 15 is 0 Å². The predicted octanol–water partition coefficient (Wildman–Crippen LogP) is 4.52. The summed E-state index contributed by atoms with van der Waals surface area (Å²) in [6.07, 6.45) is -0.935. The molecule has 2 aliphatic heterocycles. The van der Waals surface area contributed by atoms with Gasteiger partial charge in [-0.15, -0.1) is 0 Å². The van der Waals surface area contributed by atoms with Crippen LogP contribution in [-0.2, 0) is 14.4 Å². The third-order valence-electron chi connectivity index (χ3n) is 5.95. The zero-order chi connectivity index (χ0) is 23.1. The zero-order valence-corrected chi connectivity index (χ0v) is 19.6. The first-order valence-electron chi connectivity index (χ1n) is 10.4. The normalized spacial score (nSPS) is 22.0. The number of methoxy groups -OCH3 is 2. The molecule has 2 heterocycles. The third kappa shape index (κ3) is 3.55. The number of carbonyl (C=O) groups is 2. The summed E-state index contributed by atoms with van der Waals surface area (Å²) in [6, 6.07) is 21.5. The van der Waals surface area contributed by atoms with E-state index in [2.05, 4.69) is 15.9 Å². The highest BCUT2D eigenvalue weighted by Gasteiger charge is 2.60. The molecule has 2 amide bonds. The van der Waals surface area contributed by atoms with Gasteiger partial charge in [-0.25, -0.2) is 9.96 Å². The number of hydroxylamine groups is 1. The van der Waals surface area contributed by atoms with Gasteiger partial charge < -0.3 is 9.47 Å². The van der Waals surface area contributed by atoms with Crippen LogP contribution >= 0.6 is 15.9 Å². The van der Waals surface area contributed by atoms with Gasteiger partial charge in [-0.3, -0.25) is 14.4 Å². The lowest BCUT2D eigenvalue weighted by atomic mass is 9.90. The number of hydrogen-bond donors (Lipinski definition) is 0. The van der Waals surface area contributed by atoms with Crippen molar-refractivity contribution < 1.29 is 23.9 Å². The van der Waals surface area contributed by atoms with Crippen molar-refractivity contribution in [1.82, 2.24) is 0 Å². The molecule has 0 aromatic heterocycles. The van der Waals surface area contributed by atoms with Crippen molar-refractivity contribution in [2.24, 2.45) is 5.92 Å². The maximum atomic E-state index is 13.7. The second-order valence-electron chi connectivity index (χ2n) is 7.77. The Hall–Kier alpha value is -3.36. The number of halogens is 1. The number of anilines is 2. The number of carbonyl (C=O) groups excluding carboxylic acids is 2. The smallest absolute Gasteiger partial charge is 0.266 e. The van der Waals surface area contributed by atoms with E-state index in [1.54, 1.807) is 43.5 Å². The van der Waals surface area contributed by atoms with Gasteiger partial charge in [-0.1, -0.05) is 30.3 Å². The van der Waals surface area contributed by atoms with Crippen LogP contribution in [0.4, 0.5) is 11.4 Å². The Kier molecular flexibility index (Phi) is 5.55. The fraction of sp³-hybridized carbons (Fsp3) is 0.200. The van der Waals surface area contributed by atoms with E-state index in [0.717, 1.165) is 15.7 Å². The lowest BCUT2D eigenvalue weighted by Crippen LogP contribution is -2.37. The molecule has 7 nitrogen and oxygen atoms in total. The summed E-state index contributed by atoms with van der Waals surface area (Å²) in [4.78, 5) is 34.5. The minimum Gasteiger partial charge on any atom is -0.497 e. The fourth-order valence-electron chi connectivity index (χ4n) is 4.42. The van der Waals surface area contributed by atoms with E-state index < -0.39 is 24.0 Å². The Labute approximate surface area is 199 Å². The van der Waals surface area contributed by atoms with Gasteiger partial charge in [-0.2, -0.15) is 0 Å². The Bertz CT molecular complexity index is 1220. The number of hydrogen-bond acceptors (Lipinski definition) is 6. The summed E-state index contributed by atoms with van der Waals surface area (Å²) in [5, 5.41) is 1.67. The van der Waals surface area contributed by atoms with E-state index in [-0.39, 0.29) is 5.91 Å². The van der Waals surface area contributed by atoms with Crippen LogP contribution in [0.1, 0.15) is 11.6 Å². The number of nitrogens with zero attached hydrogens (tertiary/aromatic N) is 2. The number of para-hydroxylation sites is 1. The molecule has 33 heavy (non-hydrogen) atoms. The number of imide groups is 1. The quantitative estimate of drug-likeness (QED) is 0.472. The van der Waals surface area contributed by atoms with Crippen molar-refractivity contribution in [3.63, 3.8) is 0 Å². The monoisotopic (exact) mass is 508 g/mol. The standard InChI is InChI=1S/C25H21BrN2O5/c1-31-18-10-6-9-17(14-18)27-24(29)21-22(15-11-12-20(32-2)19(26)13-15)28(33-23(21)25(27)30)16-7-4-3-5-8-16/h3-14,21-23H,1-2H3/t21-,22+,23-/m0/s1. The summed E-state index contributed by atoms with van der Waals surface area (Å²) in [5.74, 6) is -0.188. The topological polar surface area (TPSA) is 68.3 Å². The molecule has 2 fully saturated rings. The maximum absolute atomic E-state index is 13.7. The largest absolute Gasteiger partial charge is 0.497 e. The Morgan fingerprint density at radius 2 is 1.61 bits per heavy atom. The van der Waals surface area contributed by atoms with E-state index in [1.165, 1.54) is 4.90 Å². The summed E-state index contributed by atoms with van der Waals surface area (Å²) in [6.45, 7) is 0. The summed E-state index contributed by atoms with van der Waals surface area (Å²) < 4.78 is 11.4. The molecular weight excluding hydrogens is 488 g/mol. The second-order valence-corrected chi connectivity index (χ2v) is 8.62. The average Bonchev–Trinajstić information content (AvgIpc) is 3.35. The first-order chi connectivity index (χ1) is 16.0. The maximum Gasteiger partial charge on any atom is 0.266 e. The fourth-order valence-corrected chi connectivity index (χ4v) is 4.98. The van der Waals surface area contributed by atoms with Gasteiger partial charge in [0.15, 0.2) is 6.10 Å². The molecule has 0 bridgehead atoms. The molecule has 168 valence electrons. The van der Waals surface area contributed by atoms with Crippen LogP contribution < -0.4 is 19.4 Å². The molecule has 2 aliphatic rings. The van der Waals surface area contributed by atoms with Crippen molar-refractivity contribution in [3.8, 4) is 11.5 Å². The van der Waals surface area contributed by atoms with Crippen molar-refractivity contribution in [2.45, 2.75) is 12.1 Å². The Balaban J connectivity index is 1.59. The van der Waals surface area contributed by atoms with Crippen molar-refractivity contribution in [1.29, 1.82) is 0 Å². The predicted molar refractivity (Wildman–Crippen MR) is 126 cm³/mol. The number of benzene rings is 3. The van der Waals surface area contributed by atoms with Gasteiger partial charge in [0.1, 0.15) is 17.4 Å². The van der Waals surface area contributed by atoms with Gasteiger partial charge in [0, 0.05) is 6.07 Å². The summed E-state index contributed by atoms with van der Waals surface area (Å²) >= 11 is 3.53. The molecule has 0 saturated carbocycles. The molecular formula is C25H21BrN2O5. The van der Waals surface area contributed by atoms with Gasteiger partial charge in [0.2, 0.25) is 5.91 Å². The van der Waals surface area contributed by atoms with E-state index in [4.69, 9.17) is 14.3 Å². The van der Waals surface area contributed by atoms with Crippen LogP contribution in [0.3, 0.4) is 0 Å². The average molecular weight is 509 g/mol. The highest BCUT2D eigenvalue weighted by molar-refractivity contribution is 9.10. The lowest BCUT2D eigenvalue weighted by Gasteiger charge is -2.29. The third-order valence-corrected chi connectivity index (χ3v) is 6.57. The van der Waals surface area contributed by atoms with Crippen molar-refractivity contribution in [2.75, 3.05) is 24.2 Å². The molecule has 3 atom stereocenters. The van der Waals surface area contributed by atoms with E-state index in [0.29, 0.717) is 17.2 Å². The number of rotatable bonds is 5. The molecule has 0 aliphatic carbocycles. The van der Waals surface area contributed by atoms with Gasteiger partial charge in [-0.05, 0) is 57.9 Å². The van der Waals surface area contributed by atoms with Crippen LogP contribution in [0.5, 0.6) is 11.5 Å². The first kappa shape index (κ1) is 21.5. The van der Waals surface area contributed by atoms with Crippen LogP contribution in [0.2, 0.25) is 0 Å². The van der Waals surface area contributed by atoms with Crippen molar-refractivity contribution in [3.05, 3.63) is 82.8 Å². The molecule has 2 saturated heterocycles. The summed E-state index contributed by atoms with van der Waals surface area (Å²) in [5.41, 5.74) is 2.05. The Morgan fingerprint density at radius 3 is 2.30 bits per heavy atom. The van der Waals surface area contributed by atoms with Crippen LogP contribution in [0.15, 0.2) is 77.3 Å². The highest BCUT2D eigenvalue weighted by atomic mass is 79.9. The SMILES string of the molecule is COc1cccc(N2C(=O)[C@@H]3[C@H](ON(c4ccccc4)[C@@H]3c3ccc(OC)c(Br)c3)C2=O)c1. The molecule has 0 unspecified atom stereocenters. The molecule has 3 aromatic carbocycles. The molecule has 3 aromatic rings. The van der Waals surface area contributed by atoms with E-state index in [9.17, 15) is 9.59 Å². The van der Waals surface area contributed by atoms with Crippen molar-refractivity contribution >= 4 is 39.1 Å². The van der Waals surface area contributed by atoms with Crippen LogP contribution in [-0.4, -0.2) is 32.1 Å². The summed E-state index contributed by atoms with van der Waals surface area (Å²) in [7, 11) is 3.13. The molecule has 0 N–H and O–H groups in total. The number of fused-ring (bicyclic) bond motifs is 1. The molecule has 5 rings (SSSR count). The van der Waals surface area contributed by atoms with Crippen LogP contribution in [0, 0.1) is 5.92 Å². The zero-order valence-electron chi connectivity index (χ0n) is 18.0. The Morgan fingerprint density at radius 1 is 0.848 bits per heavy atom. The van der Waals surface area contributed by atoms with Gasteiger partial charge in [0.25, 0.3) is 5.91 Å². The minimum absolute atomic E-state index is 0.311. The van der Waals surface area contributed by atoms with Gasteiger partial charge >= 0.3 is 0 Å². The van der Waals surface area contributed by atoms with E-state index in [1.807, 2.05) is 48.5 Å². The highest BCUT2D eigenvalue weighted by Crippen LogP contribution is 2.48. The molecule has 0 radical (unpaired) electrons. The lowest BCUT2D eigenvalue weighted by molar-refractivity contribution is -0.126. The number of amides is 2.